The number of carbonyl (C=O) groups excluding carboxylic acids is 1. The van der Waals surface area contributed by atoms with Crippen molar-refractivity contribution in [1.82, 2.24) is 5.32 Å². The fraction of sp³-hybridized carbons (Fsp3) is 0.300. The van der Waals surface area contributed by atoms with Crippen LogP contribution in [0.15, 0.2) is 48.5 Å². The quantitative estimate of drug-likeness (QED) is 0.832. The van der Waals surface area contributed by atoms with Gasteiger partial charge in [-0.25, -0.2) is 9.59 Å². The Morgan fingerprint density at radius 1 is 1.08 bits per heavy atom. The van der Waals surface area contributed by atoms with Crippen LogP contribution in [-0.4, -0.2) is 43.0 Å². The van der Waals surface area contributed by atoms with Crippen LogP contribution in [-0.2, 0) is 14.3 Å². The number of carboxylic acids is 1. The van der Waals surface area contributed by atoms with Gasteiger partial charge in [-0.2, -0.15) is 0 Å². The van der Waals surface area contributed by atoms with Crippen LogP contribution < -0.4 is 5.32 Å². The first kappa shape index (κ1) is 17.9. The van der Waals surface area contributed by atoms with Crippen LogP contribution in [0.3, 0.4) is 0 Å². The number of hydrogen-bond acceptors (Lipinski definition) is 4. The third kappa shape index (κ3) is 3.28. The summed E-state index contributed by atoms with van der Waals surface area (Å²) in [6.07, 6.45) is -0.784. The van der Waals surface area contributed by atoms with Gasteiger partial charge in [-0.3, -0.25) is 0 Å². The number of hydrogen-bond donors (Lipinski definition) is 2. The third-order valence-electron chi connectivity index (χ3n) is 4.63. The van der Waals surface area contributed by atoms with Gasteiger partial charge in [0.1, 0.15) is 6.61 Å². The zero-order valence-corrected chi connectivity index (χ0v) is 14.7. The summed E-state index contributed by atoms with van der Waals surface area (Å²) in [5, 5.41) is 11.7. The molecule has 0 unspecified atom stereocenters. The Balaban J connectivity index is 1.74. The molecule has 1 atom stereocenters. The summed E-state index contributed by atoms with van der Waals surface area (Å²) < 4.78 is 10.3. The minimum Gasteiger partial charge on any atom is -0.479 e. The Bertz CT molecular complexity index is 789. The average Bonchev–Trinajstić information content (AvgIpc) is 2.94. The molecule has 0 spiro atoms. The highest BCUT2D eigenvalue weighted by Gasteiger charge is 2.36. The molecule has 26 heavy (non-hydrogen) atoms. The van der Waals surface area contributed by atoms with E-state index in [0.29, 0.717) is 0 Å². The molecule has 0 aliphatic heterocycles. The van der Waals surface area contributed by atoms with E-state index in [9.17, 15) is 14.7 Å². The van der Waals surface area contributed by atoms with Crippen molar-refractivity contribution < 1.29 is 24.2 Å². The second kappa shape index (κ2) is 7.17. The van der Waals surface area contributed by atoms with Crippen molar-refractivity contribution in [3.05, 3.63) is 59.7 Å². The predicted octanol–water partition coefficient (Wildman–Crippen LogP) is 3.01. The summed E-state index contributed by atoms with van der Waals surface area (Å²) in [4.78, 5) is 23.6. The maximum Gasteiger partial charge on any atom is 0.408 e. The molecule has 6 heteroatoms. The number of aliphatic carboxylic acids is 1. The van der Waals surface area contributed by atoms with Crippen LogP contribution >= 0.6 is 0 Å². The summed E-state index contributed by atoms with van der Waals surface area (Å²) in [6.45, 7) is 1.34. The number of nitrogens with one attached hydrogen (secondary N) is 1. The fourth-order valence-electron chi connectivity index (χ4n) is 3.30. The summed E-state index contributed by atoms with van der Waals surface area (Å²) in [5.74, 6) is -1.26. The predicted molar refractivity (Wildman–Crippen MR) is 96.1 cm³/mol. The van der Waals surface area contributed by atoms with Crippen molar-refractivity contribution in [2.45, 2.75) is 18.4 Å². The first-order valence-electron chi connectivity index (χ1n) is 8.32. The van der Waals surface area contributed by atoms with Crippen molar-refractivity contribution in [3.8, 4) is 11.1 Å². The molecule has 0 aromatic heterocycles. The van der Waals surface area contributed by atoms with Crippen molar-refractivity contribution in [3.63, 3.8) is 0 Å². The van der Waals surface area contributed by atoms with E-state index in [2.05, 4.69) is 5.32 Å². The Hall–Kier alpha value is -2.86. The van der Waals surface area contributed by atoms with Crippen LogP contribution in [0.2, 0.25) is 0 Å². The van der Waals surface area contributed by atoms with Gasteiger partial charge in [-0.1, -0.05) is 48.5 Å². The molecule has 3 rings (SSSR count). The van der Waals surface area contributed by atoms with Gasteiger partial charge in [-0.15, -0.1) is 0 Å². The first-order chi connectivity index (χ1) is 12.5. The summed E-state index contributed by atoms with van der Waals surface area (Å²) >= 11 is 0. The topological polar surface area (TPSA) is 84.9 Å². The molecule has 0 bridgehead atoms. The molecule has 0 heterocycles. The van der Waals surface area contributed by atoms with Gasteiger partial charge in [0.2, 0.25) is 0 Å². The van der Waals surface area contributed by atoms with Crippen LogP contribution in [0, 0.1) is 0 Å². The average molecular weight is 355 g/mol. The number of alkyl carbamates (subject to hydrolysis) is 1. The maximum atomic E-state index is 12.2. The van der Waals surface area contributed by atoms with Crippen LogP contribution in [0.5, 0.6) is 0 Å². The number of ether oxygens (including phenoxy) is 2. The third-order valence-corrected chi connectivity index (χ3v) is 4.63. The zero-order valence-electron chi connectivity index (χ0n) is 14.7. The smallest absolute Gasteiger partial charge is 0.408 e. The summed E-state index contributed by atoms with van der Waals surface area (Å²) in [5.41, 5.74) is 2.91. The molecule has 0 saturated carbocycles. The van der Waals surface area contributed by atoms with Gasteiger partial charge in [0.05, 0.1) is 6.61 Å². The molecular formula is C20H21NO5. The molecule has 0 radical (unpaired) electrons. The van der Waals surface area contributed by atoms with Gasteiger partial charge in [0, 0.05) is 13.0 Å². The van der Waals surface area contributed by atoms with Gasteiger partial charge < -0.3 is 19.9 Å². The second-order valence-corrected chi connectivity index (χ2v) is 6.52. The standard InChI is InChI=1S/C20H21NO5/c1-20(12-25-2,18(22)23)21-19(24)26-11-17-15-9-5-3-7-13(15)14-8-4-6-10-16(14)17/h3-10,17H,11-12H2,1-2H3,(H,21,24)(H,22,23)/t20-/m0/s1. The number of carbonyl (C=O) groups is 2. The lowest BCUT2D eigenvalue weighted by Gasteiger charge is -2.25. The molecule has 0 fully saturated rings. The van der Waals surface area contributed by atoms with Crippen molar-refractivity contribution in [2.75, 3.05) is 20.3 Å². The number of fused-ring (bicyclic) bond motifs is 3. The summed E-state index contributed by atoms with van der Waals surface area (Å²) in [6, 6.07) is 16.0. The maximum absolute atomic E-state index is 12.2. The Kier molecular flexibility index (Phi) is 4.95. The molecule has 136 valence electrons. The molecular weight excluding hydrogens is 334 g/mol. The van der Waals surface area contributed by atoms with E-state index in [4.69, 9.17) is 9.47 Å². The van der Waals surface area contributed by atoms with Gasteiger partial charge >= 0.3 is 12.1 Å². The van der Waals surface area contributed by atoms with Crippen molar-refractivity contribution >= 4 is 12.1 Å². The van der Waals surface area contributed by atoms with Gasteiger partial charge in [0.25, 0.3) is 0 Å². The first-order valence-corrected chi connectivity index (χ1v) is 8.32. The van der Waals surface area contributed by atoms with Gasteiger partial charge in [-0.05, 0) is 29.2 Å². The van der Waals surface area contributed by atoms with Gasteiger partial charge in [0.15, 0.2) is 5.54 Å². The molecule has 2 aromatic carbocycles. The molecule has 6 nitrogen and oxygen atoms in total. The van der Waals surface area contributed by atoms with Crippen LogP contribution in [0.1, 0.15) is 24.0 Å². The van der Waals surface area contributed by atoms with Crippen LogP contribution in [0.4, 0.5) is 4.79 Å². The number of amides is 1. The Morgan fingerprint density at radius 2 is 1.62 bits per heavy atom. The lowest BCUT2D eigenvalue weighted by Crippen LogP contribution is -2.55. The number of methoxy groups -OCH3 is 1. The van der Waals surface area contributed by atoms with E-state index in [-0.39, 0.29) is 19.1 Å². The highest BCUT2D eigenvalue weighted by molar-refractivity contribution is 5.84. The monoisotopic (exact) mass is 355 g/mol. The van der Waals surface area contributed by atoms with E-state index in [1.54, 1.807) is 0 Å². The normalized spacial score (nSPS) is 14.8. The fourth-order valence-corrected chi connectivity index (χ4v) is 3.30. The lowest BCUT2D eigenvalue weighted by atomic mass is 9.98. The molecule has 1 aliphatic carbocycles. The van der Waals surface area contributed by atoms with E-state index < -0.39 is 17.6 Å². The lowest BCUT2D eigenvalue weighted by molar-refractivity contribution is -0.146. The van der Waals surface area contributed by atoms with E-state index in [0.717, 1.165) is 22.3 Å². The van der Waals surface area contributed by atoms with E-state index in [1.807, 2.05) is 48.5 Å². The molecule has 0 saturated heterocycles. The molecule has 1 amide bonds. The van der Waals surface area contributed by atoms with Crippen molar-refractivity contribution in [2.24, 2.45) is 0 Å². The van der Waals surface area contributed by atoms with Crippen LogP contribution in [0.25, 0.3) is 11.1 Å². The minimum atomic E-state index is -1.54. The SMILES string of the molecule is COC[C@](C)(NC(=O)OCC1c2ccccc2-c2ccccc21)C(=O)O. The number of benzene rings is 2. The minimum absolute atomic E-state index is 0.0772. The molecule has 2 N–H and O–H groups in total. The number of rotatable bonds is 6. The summed E-state index contributed by atoms with van der Waals surface area (Å²) in [7, 11) is 1.38. The molecule has 1 aliphatic rings. The number of carboxylic acid groups (broad SMARTS) is 1. The highest BCUT2D eigenvalue weighted by atomic mass is 16.5. The molecule has 2 aromatic rings. The zero-order chi connectivity index (χ0) is 18.7. The highest BCUT2D eigenvalue weighted by Crippen LogP contribution is 2.44. The van der Waals surface area contributed by atoms with Crippen molar-refractivity contribution in [1.29, 1.82) is 0 Å². The second-order valence-electron chi connectivity index (χ2n) is 6.52. The Labute approximate surface area is 151 Å². The van der Waals surface area contributed by atoms with E-state index in [1.165, 1.54) is 14.0 Å². The largest absolute Gasteiger partial charge is 0.479 e. The van der Waals surface area contributed by atoms with E-state index >= 15 is 0 Å². The Morgan fingerprint density at radius 3 is 2.12 bits per heavy atom.